The van der Waals surface area contributed by atoms with Crippen LogP contribution in [0.1, 0.15) is 39.5 Å². The molecule has 0 N–H and O–H groups in total. The number of nitro groups is 1. The predicted molar refractivity (Wildman–Crippen MR) is 142 cm³/mol. The Labute approximate surface area is 209 Å². The fourth-order valence-corrected chi connectivity index (χ4v) is 4.27. The molecule has 4 aromatic carbocycles. The van der Waals surface area contributed by atoms with Crippen molar-refractivity contribution >= 4 is 28.9 Å². The highest BCUT2D eigenvalue weighted by atomic mass is 16.6. The number of hydrazone groups is 1. The van der Waals surface area contributed by atoms with Gasteiger partial charge in [-0.2, -0.15) is 5.10 Å². The molecule has 0 bridgehead atoms. The highest BCUT2D eigenvalue weighted by Gasteiger charge is 2.29. The van der Waals surface area contributed by atoms with E-state index in [9.17, 15) is 14.9 Å². The van der Waals surface area contributed by atoms with Crippen LogP contribution in [0.5, 0.6) is 0 Å². The third-order valence-corrected chi connectivity index (χ3v) is 6.13. The Kier molecular flexibility index (Phi) is 6.49. The van der Waals surface area contributed by atoms with Gasteiger partial charge in [-0.05, 0) is 34.9 Å². The maximum atomic E-state index is 12.5. The highest BCUT2D eigenvalue weighted by Crippen LogP contribution is 2.36. The van der Waals surface area contributed by atoms with Crippen LogP contribution in [0.4, 0.5) is 11.4 Å². The van der Waals surface area contributed by atoms with Gasteiger partial charge in [0, 0.05) is 24.1 Å². The second kappa shape index (κ2) is 10.2. The quantitative estimate of drug-likeness (QED) is 0.127. The molecule has 0 fully saturated rings. The van der Waals surface area contributed by atoms with Gasteiger partial charge < -0.3 is 0 Å². The van der Waals surface area contributed by atoms with Gasteiger partial charge in [-0.3, -0.25) is 19.9 Å². The average Bonchev–Trinajstić information content (AvgIpc) is 3.39. The number of nitrogens with zero attached hydrogens (tertiary/aromatic N) is 3. The largest absolute Gasteiger partial charge is 0.289 e. The molecular formula is C30H23N3O3. The van der Waals surface area contributed by atoms with E-state index in [-0.39, 0.29) is 23.1 Å². The Balaban J connectivity index is 1.38. The van der Waals surface area contributed by atoms with Crippen LogP contribution in [0, 0.1) is 10.1 Å². The Bertz CT molecular complexity index is 1450. The number of allylic oxidation sites excluding steroid dienone is 1. The van der Waals surface area contributed by atoms with Crippen molar-refractivity contribution < 1.29 is 9.72 Å². The first-order valence-electron chi connectivity index (χ1n) is 11.6. The number of nitro benzene ring substituents is 1. The number of hydrogen-bond acceptors (Lipinski definition) is 5. The Hall–Kier alpha value is -4.84. The zero-order chi connectivity index (χ0) is 24.9. The number of carbonyl (C=O) groups is 1. The van der Waals surface area contributed by atoms with Crippen LogP contribution in [-0.4, -0.2) is 16.4 Å². The molecule has 4 aromatic rings. The lowest BCUT2D eigenvalue weighted by atomic mass is 9.98. The molecule has 0 aliphatic carbocycles. The van der Waals surface area contributed by atoms with Gasteiger partial charge in [-0.25, -0.2) is 0 Å². The van der Waals surface area contributed by atoms with Gasteiger partial charge in [0.05, 0.1) is 22.4 Å². The number of ketones is 1. The zero-order valence-corrected chi connectivity index (χ0v) is 19.4. The van der Waals surface area contributed by atoms with Crippen molar-refractivity contribution in [3.8, 4) is 0 Å². The molecule has 5 rings (SSSR count). The summed E-state index contributed by atoms with van der Waals surface area (Å²) in [5.74, 6) is -0.288. The van der Waals surface area contributed by atoms with Crippen LogP contribution in [-0.2, 0) is 0 Å². The van der Waals surface area contributed by atoms with Gasteiger partial charge >= 0.3 is 0 Å². The van der Waals surface area contributed by atoms with Crippen molar-refractivity contribution in [2.24, 2.45) is 5.10 Å². The fourth-order valence-electron chi connectivity index (χ4n) is 4.27. The van der Waals surface area contributed by atoms with Crippen molar-refractivity contribution in [1.82, 2.24) is 0 Å². The molecule has 36 heavy (non-hydrogen) atoms. The van der Waals surface area contributed by atoms with Gasteiger partial charge in [0.25, 0.3) is 5.69 Å². The Morgan fingerprint density at radius 1 is 0.889 bits per heavy atom. The Morgan fingerprint density at radius 3 is 2.28 bits per heavy atom. The third-order valence-electron chi connectivity index (χ3n) is 6.13. The molecule has 0 amide bonds. The third kappa shape index (κ3) is 4.98. The summed E-state index contributed by atoms with van der Waals surface area (Å²) in [6.45, 7) is 0. The summed E-state index contributed by atoms with van der Waals surface area (Å²) in [6, 6.07) is 34.2. The van der Waals surface area contributed by atoms with E-state index in [1.165, 1.54) is 29.8 Å². The van der Waals surface area contributed by atoms with Crippen molar-refractivity contribution in [2.45, 2.75) is 12.5 Å². The smallest absolute Gasteiger partial charge is 0.270 e. The SMILES string of the molecule is O=C(C=Cc1ccc(N2N=C(c3ccccc3)CC2c2ccccc2)cc1)c1cccc([N+](=O)[O-])c1. The van der Waals surface area contributed by atoms with Crippen LogP contribution in [0.2, 0.25) is 0 Å². The molecule has 176 valence electrons. The standard InChI is InChI=1S/C30H23N3O3/c34-30(25-12-7-13-27(20-25)33(35)36)19-16-22-14-17-26(18-15-22)32-29(24-10-5-2-6-11-24)21-28(31-32)23-8-3-1-4-9-23/h1-20,29H,21H2. The van der Waals surface area contributed by atoms with E-state index >= 15 is 0 Å². The summed E-state index contributed by atoms with van der Waals surface area (Å²) in [5.41, 5.74) is 5.32. The van der Waals surface area contributed by atoms with Crippen LogP contribution >= 0.6 is 0 Å². The molecule has 1 heterocycles. The summed E-state index contributed by atoms with van der Waals surface area (Å²) >= 11 is 0. The van der Waals surface area contributed by atoms with Crippen LogP contribution < -0.4 is 5.01 Å². The number of hydrogen-bond donors (Lipinski definition) is 0. The van der Waals surface area contributed by atoms with Crippen molar-refractivity contribution in [2.75, 3.05) is 5.01 Å². The summed E-state index contributed by atoms with van der Waals surface area (Å²) in [4.78, 5) is 23.0. The molecule has 0 spiro atoms. The first kappa shape index (κ1) is 22.9. The van der Waals surface area contributed by atoms with Gasteiger partial charge in [-0.15, -0.1) is 0 Å². The molecule has 0 saturated carbocycles. The van der Waals surface area contributed by atoms with Gasteiger partial charge in [-0.1, -0.05) is 91.0 Å². The molecule has 6 nitrogen and oxygen atoms in total. The minimum absolute atomic E-state index is 0.0817. The topological polar surface area (TPSA) is 75.8 Å². The lowest BCUT2D eigenvalue weighted by molar-refractivity contribution is -0.384. The lowest BCUT2D eigenvalue weighted by Gasteiger charge is -2.24. The van der Waals surface area contributed by atoms with Gasteiger partial charge in [0.15, 0.2) is 5.78 Å². The summed E-state index contributed by atoms with van der Waals surface area (Å²) < 4.78 is 0. The van der Waals surface area contributed by atoms with E-state index in [4.69, 9.17) is 5.10 Å². The Morgan fingerprint density at radius 2 is 1.58 bits per heavy atom. The molecule has 0 saturated heterocycles. The molecule has 0 aromatic heterocycles. The molecule has 1 aliphatic rings. The molecule has 6 heteroatoms. The zero-order valence-electron chi connectivity index (χ0n) is 19.4. The summed E-state index contributed by atoms with van der Waals surface area (Å²) in [7, 11) is 0. The van der Waals surface area contributed by atoms with Crippen LogP contribution in [0.3, 0.4) is 0 Å². The molecule has 1 atom stereocenters. The van der Waals surface area contributed by atoms with E-state index in [0.29, 0.717) is 0 Å². The maximum absolute atomic E-state index is 12.5. The normalized spacial score (nSPS) is 15.2. The summed E-state index contributed by atoms with van der Waals surface area (Å²) in [5, 5.41) is 18.0. The van der Waals surface area contributed by atoms with E-state index in [0.717, 1.165) is 28.9 Å². The van der Waals surface area contributed by atoms with E-state index in [2.05, 4.69) is 29.3 Å². The number of carbonyl (C=O) groups excluding carboxylic acids is 1. The molecular weight excluding hydrogens is 450 g/mol. The first-order valence-corrected chi connectivity index (χ1v) is 11.6. The number of non-ortho nitro benzene ring substituents is 1. The predicted octanol–water partition coefficient (Wildman–Crippen LogP) is 6.85. The van der Waals surface area contributed by atoms with Gasteiger partial charge in [0.2, 0.25) is 0 Å². The average molecular weight is 474 g/mol. The van der Waals surface area contributed by atoms with Crippen molar-refractivity contribution in [3.05, 3.63) is 148 Å². The highest BCUT2D eigenvalue weighted by molar-refractivity contribution is 6.07. The van der Waals surface area contributed by atoms with Crippen molar-refractivity contribution in [3.63, 3.8) is 0 Å². The fraction of sp³-hybridized carbons (Fsp3) is 0.0667. The first-order chi connectivity index (χ1) is 17.6. The minimum Gasteiger partial charge on any atom is -0.289 e. The molecule has 0 radical (unpaired) electrons. The minimum atomic E-state index is -0.508. The lowest BCUT2D eigenvalue weighted by Crippen LogP contribution is -2.18. The number of rotatable bonds is 7. The molecule has 1 aliphatic heterocycles. The van der Waals surface area contributed by atoms with Crippen LogP contribution in [0.25, 0.3) is 6.08 Å². The second-order valence-corrected chi connectivity index (χ2v) is 8.48. The maximum Gasteiger partial charge on any atom is 0.270 e. The van der Waals surface area contributed by atoms with E-state index < -0.39 is 4.92 Å². The monoisotopic (exact) mass is 473 g/mol. The van der Waals surface area contributed by atoms with E-state index in [1.54, 1.807) is 12.1 Å². The molecule has 1 unspecified atom stereocenters. The number of benzene rings is 4. The van der Waals surface area contributed by atoms with Gasteiger partial charge in [0.1, 0.15) is 0 Å². The number of anilines is 1. The van der Waals surface area contributed by atoms with E-state index in [1.807, 2.05) is 60.7 Å². The van der Waals surface area contributed by atoms with Crippen LogP contribution in [0.15, 0.2) is 120 Å². The summed E-state index contributed by atoms with van der Waals surface area (Å²) in [6.07, 6.45) is 3.94. The van der Waals surface area contributed by atoms with Crippen molar-refractivity contribution in [1.29, 1.82) is 0 Å². The second-order valence-electron chi connectivity index (χ2n) is 8.48.